The number of carbonyl (C=O) groups is 3. The molecular formula is C15H27NO6S. The van der Waals surface area contributed by atoms with Gasteiger partial charge in [-0.05, 0) is 53.3 Å². The highest BCUT2D eigenvalue weighted by Crippen LogP contribution is 2.22. The lowest BCUT2D eigenvalue weighted by atomic mass is 10.2. The summed E-state index contributed by atoms with van der Waals surface area (Å²) in [5.74, 6) is -1.77. The molecule has 0 rings (SSSR count). The lowest BCUT2D eigenvalue weighted by Gasteiger charge is -2.24. The van der Waals surface area contributed by atoms with Crippen LogP contribution < -0.4 is 0 Å². The van der Waals surface area contributed by atoms with E-state index in [0.717, 1.165) is 0 Å². The Morgan fingerprint density at radius 2 is 1.39 bits per heavy atom. The number of amides is 1. The fraction of sp³-hybridized carbons (Fsp3) is 0.800. The Morgan fingerprint density at radius 3 is 1.78 bits per heavy atom. The van der Waals surface area contributed by atoms with Crippen molar-refractivity contribution in [2.24, 2.45) is 0 Å². The smallest absolute Gasteiger partial charge is 0.337 e. The quantitative estimate of drug-likeness (QED) is 0.668. The van der Waals surface area contributed by atoms with Crippen LogP contribution in [-0.2, 0) is 19.1 Å². The van der Waals surface area contributed by atoms with Crippen molar-refractivity contribution in [2.45, 2.75) is 65.1 Å². The number of hydrogen-bond donors (Lipinski definition) is 1. The van der Waals surface area contributed by atoms with E-state index in [1.807, 2.05) is 0 Å². The molecule has 0 aliphatic carbocycles. The largest absolute Gasteiger partial charge is 0.462 e. The summed E-state index contributed by atoms with van der Waals surface area (Å²) in [6, 6.07) is 0. The van der Waals surface area contributed by atoms with Crippen LogP contribution in [0.2, 0.25) is 0 Å². The van der Waals surface area contributed by atoms with Gasteiger partial charge in [0.2, 0.25) is 0 Å². The van der Waals surface area contributed by atoms with Crippen LogP contribution in [0.25, 0.3) is 0 Å². The minimum absolute atomic E-state index is 0.405. The van der Waals surface area contributed by atoms with Crippen LogP contribution in [0.3, 0.4) is 0 Å². The molecule has 134 valence electrons. The average Bonchev–Trinajstić information content (AvgIpc) is 2.43. The topological polar surface area (TPSA) is 93.1 Å². The molecule has 7 nitrogen and oxygen atoms in total. The first-order chi connectivity index (χ1) is 10.6. The Kier molecular flexibility index (Phi) is 9.90. The molecule has 0 aromatic rings. The molecule has 0 spiro atoms. The SMILES string of the molecule is CCN(CC)C(=O)S[C@@H](C(=O)OC(C)C)[C@@H](O)C(=O)OC(C)C. The van der Waals surface area contributed by atoms with E-state index in [1.165, 1.54) is 4.90 Å². The number of rotatable bonds is 8. The average molecular weight is 349 g/mol. The van der Waals surface area contributed by atoms with Gasteiger partial charge >= 0.3 is 11.9 Å². The number of aliphatic hydroxyl groups excluding tert-OH is 1. The van der Waals surface area contributed by atoms with Crippen molar-refractivity contribution in [1.29, 1.82) is 0 Å². The van der Waals surface area contributed by atoms with Gasteiger partial charge in [-0.3, -0.25) is 9.59 Å². The molecule has 1 N–H and O–H groups in total. The van der Waals surface area contributed by atoms with Gasteiger partial charge in [-0.15, -0.1) is 0 Å². The summed E-state index contributed by atoms with van der Waals surface area (Å²) >= 11 is 0.577. The van der Waals surface area contributed by atoms with E-state index in [4.69, 9.17) is 9.47 Å². The molecule has 0 aromatic carbocycles. The van der Waals surface area contributed by atoms with Crippen molar-refractivity contribution in [3.63, 3.8) is 0 Å². The second-order valence-electron chi connectivity index (χ2n) is 5.39. The summed E-state index contributed by atoms with van der Waals surface area (Å²) in [7, 11) is 0. The van der Waals surface area contributed by atoms with Gasteiger partial charge in [0.05, 0.1) is 12.2 Å². The number of ether oxygens (including phenoxy) is 2. The molecule has 0 aliphatic heterocycles. The first-order valence-electron chi connectivity index (χ1n) is 7.68. The first kappa shape index (κ1) is 21.7. The highest BCUT2D eigenvalue weighted by atomic mass is 32.2. The van der Waals surface area contributed by atoms with Crippen molar-refractivity contribution >= 4 is 28.9 Å². The minimum atomic E-state index is -1.77. The van der Waals surface area contributed by atoms with E-state index in [1.54, 1.807) is 41.5 Å². The van der Waals surface area contributed by atoms with E-state index >= 15 is 0 Å². The van der Waals surface area contributed by atoms with Gasteiger partial charge in [0.1, 0.15) is 5.25 Å². The van der Waals surface area contributed by atoms with Crippen LogP contribution in [-0.4, -0.2) is 63.8 Å². The summed E-state index contributed by atoms with van der Waals surface area (Å²) in [4.78, 5) is 37.7. The van der Waals surface area contributed by atoms with Crippen LogP contribution in [0.5, 0.6) is 0 Å². The fourth-order valence-corrected chi connectivity index (χ4v) is 2.65. The molecule has 0 fully saturated rings. The molecule has 0 heterocycles. The lowest BCUT2D eigenvalue weighted by Crippen LogP contribution is -2.43. The molecule has 0 saturated heterocycles. The number of nitrogens with zero attached hydrogens (tertiary/aromatic N) is 1. The fourth-order valence-electron chi connectivity index (χ4n) is 1.63. The second kappa shape index (κ2) is 10.5. The van der Waals surface area contributed by atoms with Gasteiger partial charge in [0, 0.05) is 13.1 Å². The number of thioether (sulfide) groups is 1. The molecular weight excluding hydrogens is 322 g/mol. The van der Waals surface area contributed by atoms with Gasteiger partial charge in [-0.1, -0.05) is 0 Å². The van der Waals surface area contributed by atoms with Gasteiger partial charge in [-0.2, -0.15) is 0 Å². The van der Waals surface area contributed by atoms with E-state index in [9.17, 15) is 19.5 Å². The van der Waals surface area contributed by atoms with Crippen molar-refractivity contribution in [3.05, 3.63) is 0 Å². The zero-order valence-electron chi connectivity index (χ0n) is 14.6. The lowest BCUT2D eigenvalue weighted by molar-refractivity contribution is -0.163. The van der Waals surface area contributed by atoms with Crippen LogP contribution >= 0.6 is 11.8 Å². The van der Waals surface area contributed by atoms with Crippen LogP contribution in [0.15, 0.2) is 0 Å². The third-order valence-electron chi connectivity index (χ3n) is 2.71. The summed E-state index contributed by atoms with van der Waals surface area (Å²) in [5.41, 5.74) is 0. The van der Waals surface area contributed by atoms with Crippen LogP contribution in [0.4, 0.5) is 4.79 Å². The monoisotopic (exact) mass is 349 g/mol. The Balaban J connectivity index is 5.18. The predicted molar refractivity (Wildman–Crippen MR) is 88.2 cm³/mol. The normalized spacial score (nSPS) is 13.6. The van der Waals surface area contributed by atoms with Crippen LogP contribution in [0.1, 0.15) is 41.5 Å². The zero-order chi connectivity index (χ0) is 18.2. The predicted octanol–water partition coefficient (Wildman–Crippen LogP) is 1.81. The Hall–Kier alpha value is -1.28. The van der Waals surface area contributed by atoms with E-state index in [0.29, 0.717) is 24.9 Å². The van der Waals surface area contributed by atoms with Crippen molar-refractivity contribution in [3.8, 4) is 0 Å². The van der Waals surface area contributed by atoms with Gasteiger partial charge in [-0.25, -0.2) is 4.79 Å². The molecule has 0 aliphatic rings. The van der Waals surface area contributed by atoms with Crippen LogP contribution in [0, 0.1) is 0 Å². The first-order valence-corrected chi connectivity index (χ1v) is 8.56. The molecule has 2 atom stereocenters. The number of esters is 2. The standard InChI is InChI=1S/C15H27NO6S/c1-7-16(8-2)15(20)23-12(14(19)22-10(5)6)11(17)13(18)21-9(3)4/h9-12,17H,7-8H2,1-6H3/t11-,12-/m1/s1. The Morgan fingerprint density at radius 1 is 0.957 bits per heavy atom. The van der Waals surface area contributed by atoms with E-state index in [-0.39, 0.29) is 0 Å². The maximum Gasteiger partial charge on any atom is 0.337 e. The third-order valence-corrected chi connectivity index (χ3v) is 3.88. The summed E-state index contributed by atoms with van der Waals surface area (Å²) < 4.78 is 9.95. The number of hydrogen-bond acceptors (Lipinski definition) is 7. The molecule has 1 amide bonds. The molecule has 0 bridgehead atoms. The maximum absolute atomic E-state index is 12.2. The third kappa shape index (κ3) is 7.69. The zero-order valence-corrected chi connectivity index (χ0v) is 15.4. The highest BCUT2D eigenvalue weighted by Gasteiger charge is 2.38. The van der Waals surface area contributed by atoms with Gasteiger partial charge in [0.15, 0.2) is 6.10 Å². The van der Waals surface area contributed by atoms with Crippen molar-refractivity contribution in [2.75, 3.05) is 13.1 Å². The molecule has 23 heavy (non-hydrogen) atoms. The minimum Gasteiger partial charge on any atom is -0.462 e. The van der Waals surface area contributed by atoms with Gasteiger partial charge < -0.3 is 19.5 Å². The molecule has 0 aromatic heterocycles. The number of aliphatic hydroxyl groups is 1. The molecule has 0 saturated carbocycles. The Bertz CT molecular complexity index is 409. The molecule has 0 radical (unpaired) electrons. The van der Waals surface area contributed by atoms with E-state index in [2.05, 4.69) is 0 Å². The van der Waals surface area contributed by atoms with E-state index < -0.39 is 40.7 Å². The Labute approximate surface area is 141 Å². The summed E-state index contributed by atoms with van der Waals surface area (Å²) in [6.45, 7) is 11.1. The number of carbonyl (C=O) groups excluding carboxylic acids is 3. The van der Waals surface area contributed by atoms with Gasteiger partial charge in [0.25, 0.3) is 5.24 Å². The molecule has 0 unspecified atom stereocenters. The maximum atomic E-state index is 12.2. The highest BCUT2D eigenvalue weighted by molar-refractivity contribution is 8.14. The van der Waals surface area contributed by atoms with Crippen molar-refractivity contribution in [1.82, 2.24) is 4.90 Å². The van der Waals surface area contributed by atoms with Crippen molar-refractivity contribution < 1.29 is 29.0 Å². The molecule has 8 heteroatoms. The summed E-state index contributed by atoms with van der Waals surface area (Å²) in [5, 5.41) is 8.35. The second-order valence-corrected chi connectivity index (χ2v) is 6.49. The summed E-state index contributed by atoms with van der Waals surface area (Å²) in [6.07, 6.45) is -2.64.